The molecule has 0 spiro atoms. The summed E-state index contributed by atoms with van der Waals surface area (Å²) in [6, 6.07) is 7.69. The van der Waals surface area contributed by atoms with Crippen LogP contribution in [0.4, 0.5) is 0 Å². The number of carbonyl (C=O) groups excluding carboxylic acids is 1. The number of hydrogen-bond acceptors (Lipinski definition) is 3. The van der Waals surface area contributed by atoms with E-state index in [0.717, 1.165) is 6.54 Å². The molecule has 1 aromatic rings. The van der Waals surface area contributed by atoms with Gasteiger partial charge in [0.25, 0.3) is 0 Å². The molecular weight excluding hydrogens is 250 g/mol. The molecule has 0 N–H and O–H groups in total. The molecule has 0 amide bonds. The number of hydrogen-bond donors (Lipinski definition) is 0. The van der Waals surface area contributed by atoms with Crippen molar-refractivity contribution >= 4 is 17.4 Å². The molecule has 18 heavy (non-hydrogen) atoms. The number of halogens is 1. The van der Waals surface area contributed by atoms with Crippen LogP contribution in [-0.2, 0) is 4.74 Å². The van der Waals surface area contributed by atoms with E-state index >= 15 is 0 Å². The Hall–Kier alpha value is -0.900. The average Bonchev–Trinajstić information content (AvgIpc) is 2.85. The molecule has 0 aromatic heterocycles. The highest BCUT2D eigenvalue weighted by molar-refractivity contribution is 6.34. The van der Waals surface area contributed by atoms with Gasteiger partial charge < -0.3 is 4.74 Å². The standard InChI is InChI=1S/C14H16ClNO2/c15-12-6-2-1-5-11(12)14(17)13-8-16-7-3-4-10(16)9-18-13/h1-2,5-6,10,13H,3-4,7-9H2. The predicted octanol–water partition coefficient (Wildman–Crippen LogP) is 2.39. The molecule has 0 radical (unpaired) electrons. The minimum Gasteiger partial charge on any atom is -0.367 e. The van der Waals surface area contributed by atoms with Crippen LogP contribution in [0.1, 0.15) is 23.2 Å². The first-order chi connectivity index (χ1) is 8.75. The number of ketones is 1. The zero-order valence-corrected chi connectivity index (χ0v) is 10.9. The smallest absolute Gasteiger partial charge is 0.194 e. The van der Waals surface area contributed by atoms with Gasteiger partial charge in [0, 0.05) is 18.2 Å². The Morgan fingerprint density at radius 2 is 2.22 bits per heavy atom. The van der Waals surface area contributed by atoms with E-state index < -0.39 is 0 Å². The largest absolute Gasteiger partial charge is 0.367 e. The monoisotopic (exact) mass is 265 g/mol. The van der Waals surface area contributed by atoms with Crippen molar-refractivity contribution in [1.29, 1.82) is 0 Å². The molecule has 96 valence electrons. The van der Waals surface area contributed by atoms with E-state index in [1.807, 2.05) is 12.1 Å². The van der Waals surface area contributed by atoms with Crippen LogP contribution in [-0.4, -0.2) is 42.5 Å². The van der Waals surface area contributed by atoms with Gasteiger partial charge in [0.05, 0.1) is 11.6 Å². The van der Waals surface area contributed by atoms with E-state index in [2.05, 4.69) is 4.90 Å². The normalized spacial score (nSPS) is 28.1. The molecule has 0 aliphatic carbocycles. The molecule has 2 atom stereocenters. The lowest BCUT2D eigenvalue weighted by molar-refractivity contribution is -0.0344. The molecule has 2 saturated heterocycles. The van der Waals surface area contributed by atoms with Crippen molar-refractivity contribution in [3.8, 4) is 0 Å². The third-order valence-corrected chi connectivity index (χ3v) is 4.15. The number of nitrogens with zero attached hydrogens (tertiary/aromatic N) is 1. The van der Waals surface area contributed by atoms with E-state index in [1.54, 1.807) is 12.1 Å². The van der Waals surface area contributed by atoms with Crippen LogP contribution in [0, 0.1) is 0 Å². The number of fused-ring (bicyclic) bond motifs is 1. The average molecular weight is 266 g/mol. The Kier molecular flexibility index (Phi) is 3.37. The fourth-order valence-electron chi connectivity index (χ4n) is 2.81. The Labute approximate surface area is 112 Å². The van der Waals surface area contributed by atoms with Gasteiger partial charge in [0.2, 0.25) is 0 Å². The Morgan fingerprint density at radius 1 is 1.39 bits per heavy atom. The van der Waals surface area contributed by atoms with E-state index in [9.17, 15) is 4.79 Å². The number of rotatable bonds is 2. The number of morpholine rings is 1. The molecule has 2 aliphatic rings. The van der Waals surface area contributed by atoms with Crippen LogP contribution >= 0.6 is 11.6 Å². The Balaban J connectivity index is 1.75. The summed E-state index contributed by atoms with van der Waals surface area (Å²) in [6.07, 6.45) is 2.04. The number of benzene rings is 1. The summed E-state index contributed by atoms with van der Waals surface area (Å²) in [5.74, 6) is 0.00551. The van der Waals surface area contributed by atoms with E-state index in [4.69, 9.17) is 16.3 Å². The number of Topliss-reactive ketones (excluding diaryl/α,β-unsaturated/α-hetero) is 1. The Morgan fingerprint density at radius 3 is 3.06 bits per heavy atom. The quantitative estimate of drug-likeness (QED) is 0.769. The second kappa shape index (κ2) is 5.00. The maximum Gasteiger partial charge on any atom is 0.194 e. The van der Waals surface area contributed by atoms with Gasteiger partial charge in [-0.15, -0.1) is 0 Å². The van der Waals surface area contributed by atoms with E-state index in [-0.39, 0.29) is 11.9 Å². The van der Waals surface area contributed by atoms with Crippen molar-refractivity contribution in [3.63, 3.8) is 0 Å². The summed E-state index contributed by atoms with van der Waals surface area (Å²) in [4.78, 5) is 14.7. The van der Waals surface area contributed by atoms with Crippen LogP contribution in [0.3, 0.4) is 0 Å². The van der Waals surface area contributed by atoms with Gasteiger partial charge in [-0.2, -0.15) is 0 Å². The lowest BCUT2D eigenvalue weighted by Crippen LogP contribution is -2.49. The third-order valence-electron chi connectivity index (χ3n) is 3.82. The second-order valence-electron chi connectivity index (χ2n) is 4.96. The predicted molar refractivity (Wildman–Crippen MR) is 70.1 cm³/mol. The zero-order chi connectivity index (χ0) is 12.5. The van der Waals surface area contributed by atoms with Gasteiger partial charge in [-0.05, 0) is 31.5 Å². The van der Waals surface area contributed by atoms with Crippen molar-refractivity contribution in [2.45, 2.75) is 25.0 Å². The van der Waals surface area contributed by atoms with Gasteiger partial charge in [-0.25, -0.2) is 0 Å². The van der Waals surface area contributed by atoms with Crippen molar-refractivity contribution in [2.24, 2.45) is 0 Å². The number of carbonyl (C=O) groups is 1. The highest BCUT2D eigenvalue weighted by atomic mass is 35.5. The molecule has 3 nitrogen and oxygen atoms in total. The molecule has 2 heterocycles. The van der Waals surface area contributed by atoms with Crippen LogP contribution in [0.15, 0.2) is 24.3 Å². The summed E-state index contributed by atoms with van der Waals surface area (Å²) >= 11 is 6.06. The highest BCUT2D eigenvalue weighted by Gasteiger charge is 2.35. The summed E-state index contributed by atoms with van der Waals surface area (Å²) in [5, 5.41) is 0.509. The molecule has 0 bridgehead atoms. The maximum atomic E-state index is 12.4. The van der Waals surface area contributed by atoms with Crippen molar-refractivity contribution in [1.82, 2.24) is 4.90 Å². The minimum absolute atomic E-state index is 0.00551. The lowest BCUT2D eigenvalue weighted by atomic mass is 10.0. The fraction of sp³-hybridized carbons (Fsp3) is 0.500. The van der Waals surface area contributed by atoms with Crippen LogP contribution in [0.25, 0.3) is 0 Å². The van der Waals surface area contributed by atoms with Gasteiger partial charge in [-0.3, -0.25) is 9.69 Å². The van der Waals surface area contributed by atoms with Crippen molar-refractivity contribution in [3.05, 3.63) is 34.9 Å². The topological polar surface area (TPSA) is 29.5 Å². The molecule has 2 aliphatic heterocycles. The third kappa shape index (κ3) is 2.18. The summed E-state index contributed by atoms with van der Waals surface area (Å²) in [6.45, 7) is 2.45. The lowest BCUT2D eigenvalue weighted by Gasteiger charge is -2.34. The second-order valence-corrected chi connectivity index (χ2v) is 5.36. The first-order valence-electron chi connectivity index (χ1n) is 6.40. The molecule has 2 unspecified atom stereocenters. The summed E-state index contributed by atoms with van der Waals surface area (Å²) in [7, 11) is 0. The van der Waals surface area contributed by atoms with E-state index in [0.29, 0.717) is 29.8 Å². The first-order valence-corrected chi connectivity index (χ1v) is 6.78. The molecule has 1 aromatic carbocycles. The fourth-order valence-corrected chi connectivity index (χ4v) is 3.04. The molecular formula is C14H16ClNO2. The maximum absolute atomic E-state index is 12.4. The summed E-state index contributed by atoms with van der Waals surface area (Å²) < 4.78 is 5.71. The van der Waals surface area contributed by atoms with Gasteiger partial charge in [-0.1, -0.05) is 23.7 Å². The molecule has 0 saturated carbocycles. The zero-order valence-electron chi connectivity index (χ0n) is 10.1. The molecule has 2 fully saturated rings. The van der Waals surface area contributed by atoms with Crippen LogP contribution in [0.5, 0.6) is 0 Å². The summed E-state index contributed by atoms with van der Waals surface area (Å²) in [5.41, 5.74) is 0.571. The van der Waals surface area contributed by atoms with Crippen molar-refractivity contribution in [2.75, 3.05) is 19.7 Å². The first kappa shape index (κ1) is 12.2. The van der Waals surface area contributed by atoms with E-state index in [1.165, 1.54) is 12.8 Å². The number of ether oxygens (including phenoxy) is 1. The minimum atomic E-state index is -0.362. The van der Waals surface area contributed by atoms with Crippen molar-refractivity contribution < 1.29 is 9.53 Å². The highest BCUT2D eigenvalue weighted by Crippen LogP contribution is 2.25. The van der Waals surface area contributed by atoms with Crippen LogP contribution in [0.2, 0.25) is 5.02 Å². The van der Waals surface area contributed by atoms with Gasteiger partial charge in [0.1, 0.15) is 6.10 Å². The Bertz CT molecular complexity index is 463. The SMILES string of the molecule is O=C(c1ccccc1Cl)C1CN2CCCC2CO1. The van der Waals surface area contributed by atoms with Crippen LogP contribution < -0.4 is 0 Å². The van der Waals surface area contributed by atoms with Gasteiger partial charge in [0.15, 0.2) is 5.78 Å². The molecule has 4 heteroatoms. The molecule has 3 rings (SSSR count). The van der Waals surface area contributed by atoms with Gasteiger partial charge >= 0.3 is 0 Å².